The molecule has 3 rings (SSSR count). The van der Waals surface area contributed by atoms with Crippen LogP contribution in [0, 0.1) is 0 Å². The normalized spacial score (nSPS) is 17.4. The van der Waals surface area contributed by atoms with E-state index in [1.807, 2.05) is 13.1 Å². The number of nitrogens with zero attached hydrogens (tertiary/aromatic N) is 2. The summed E-state index contributed by atoms with van der Waals surface area (Å²) in [6, 6.07) is 5.71. The summed E-state index contributed by atoms with van der Waals surface area (Å²) in [6.45, 7) is 5.16. The molecule has 2 heterocycles. The van der Waals surface area contributed by atoms with Gasteiger partial charge in [0.25, 0.3) is 0 Å². The minimum absolute atomic E-state index is 0.387. The predicted octanol–water partition coefficient (Wildman–Crippen LogP) is 1.29. The maximum atomic E-state index is 10.1. The van der Waals surface area contributed by atoms with Crippen molar-refractivity contribution in [2.24, 2.45) is 7.05 Å². The first-order valence-electron chi connectivity index (χ1n) is 6.44. The Balaban J connectivity index is 1.96. The maximum Gasteiger partial charge on any atom is 0.125 e. The van der Waals surface area contributed by atoms with Crippen molar-refractivity contribution in [2.75, 3.05) is 26.2 Å². The van der Waals surface area contributed by atoms with Crippen molar-refractivity contribution in [3.8, 4) is 5.75 Å². The molecule has 0 unspecified atom stereocenters. The number of hydrogen-bond donors (Lipinski definition) is 2. The first-order valence-corrected chi connectivity index (χ1v) is 6.44. The summed E-state index contributed by atoms with van der Waals surface area (Å²) in [5.74, 6) is 0.387. The van der Waals surface area contributed by atoms with E-state index in [1.165, 1.54) is 5.56 Å². The van der Waals surface area contributed by atoms with Crippen molar-refractivity contribution in [1.29, 1.82) is 0 Å². The van der Waals surface area contributed by atoms with E-state index in [4.69, 9.17) is 0 Å². The molecule has 0 aliphatic carbocycles. The van der Waals surface area contributed by atoms with Crippen molar-refractivity contribution in [1.82, 2.24) is 14.8 Å². The van der Waals surface area contributed by atoms with Crippen molar-refractivity contribution >= 4 is 10.9 Å². The van der Waals surface area contributed by atoms with Crippen molar-refractivity contribution in [3.63, 3.8) is 0 Å². The van der Waals surface area contributed by atoms with Crippen LogP contribution < -0.4 is 5.32 Å². The van der Waals surface area contributed by atoms with Gasteiger partial charge in [-0.15, -0.1) is 0 Å². The molecular weight excluding hydrogens is 226 g/mol. The molecule has 96 valence electrons. The third-order valence-corrected chi connectivity index (χ3v) is 3.67. The van der Waals surface area contributed by atoms with E-state index in [9.17, 15) is 5.11 Å². The van der Waals surface area contributed by atoms with E-state index in [2.05, 4.69) is 27.0 Å². The smallest absolute Gasteiger partial charge is 0.125 e. The monoisotopic (exact) mass is 245 g/mol. The molecule has 18 heavy (non-hydrogen) atoms. The molecule has 0 bridgehead atoms. The molecule has 1 saturated heterocycles. The second-order valence-electron chi connectivity index (χ2n) is 4.96. The van der Waals surface area contributed by atoms with Crippen LogP contribution in [0.5, 0.6) is 5.75 Å². The number of nitrogens with one attached hydrogen (secondary N) is 1. The molecule has 2 aromatic rings. The summed E-state index contributed by atoms with van der Waals surface area (Å²) in [7, 11) is 2.03. The largest absolute Gasteiger partial charge is 0.507 e. The lowest BCUT2D eigenvalue weighted by molar-refractivity contribution is 0.234. The van der Waals surface area contributed by atoms with Crippen molar-refractivity contribution < 1.29 is 5.11 Å². The number of aryl methyl sites for hydroxylation is 1. The maximum absolute atomic E-state index is 10.1. The lowest BCUT2D eigenvalue weighted by Gasteiger charge is -2.26. The Morgan fingerprint density at radius 1 is 1.28 bits per heavy atom. The van der Waals surface area contributed by atoms with E-state index in [-0.39, 0.29) is 0 Å². The number of benzene rings is 1. The molecule has 0 saturated carbocycles. The van der Waals surface area contributed by atoms with Crippen molar-refractivity contribution in [3.05, 3.63) is 30.0 Å². The van der Waals surface area contributed by atoms with E-state index in [1.54, 1.807) is 6.07 Å². The van der Waals surface area contributed by atoms with Crippen LogP contribution in [0.2, 0.25) is 0 Å². The second-order valence-corrected chi connectivity index (χ2v) is 4.96. The van der Waals surface area contributed by atoms with E-state index < -0.39 is 0 Å². The molecule has 0 radical (unpaired) electrons. The highest BCUT2D eigenvalue weighted by atomic mass is 16.3. The van der Waals surface area contributed by atoms with Gasteiger partial charge in [0, 0.05) is 51.4 Å². The van der Waals surface area contributed by atoms with Gasteiger partial charge in [-0.2, -0.15) is 0 Å². The molecule has 1 aromatic carbocycles. The Kier molecular flexibility index (Phi) is 2.97. The first-order chi connectivity index (χ1) is 8.75. The van der Waals surface area contributed by atoms with Gasteiger partial charge in [-0.1, -0.05) is 6.07 Å². The molecule has 2 N–H and O–H groups in total. The number of hydrogen-bond acceptors (Lipinski definition) is 3. The highest BCUT2D eigenvalue weighted by Crippen LogP contribution is 2.29. The number of phenols is 1. The average Bonchev–Trinajstić information content (AvgIpc) is 2.69. The van der Waals surface area contributed by atoms with Crippen molar-refractivity contribution in [2.45, 2.75) is 6.54 Å². The number of aromatic hydroxyl groups is 1. The Hall–Kier alpha value is -1.52. The van der Waals surface area contributed by atoms with Crippen LogP contribution >= 0.6 is 0 Å². The van der Waals surface area contributed by atoms with Gasteiger partial charge in [0.1, 0.15) is 5.75 Å². The van der Waals surface area contributed by atoms with Crippen LogP contribution in [0.1, 0.15) is 5.56 Å². The van der Waals surface area contributed by atoms with Crippen LogP contribution in [0.3, 0.4) is 0 Å². The number of phenolic OH excluding ortho intramolecular Hbond substituents is 1. The molecule has 4 nitrogen and oxygen atoms in total. The second kappa shape index (κ2) is 4.63. The summed E-state index contributed by atoms with van der Waals surface area (Å²) in [4.78, 5) is 2.43. The summed E-state index contributed by atoms with van der Waals surface area (Å²) in [5.41, 5.74) is 2.31. The van der Waals surface area contributed by atoms with Gasteiger partial charge < -0.3 is 15.0 Å². The van der Waals surface area contributed by atoms with E-state index >= 15 is 0 Å². The minimum atomic E-state index is 0.387. The quantitative estimate of drug-likeness (QED) is 0.837. The topological polar surface area (TPSA) is 40.4 Å². The van der Waals surface area contributed by atoms with Gasteiger partial charge in [0.2, 0.25) is 0 Å². The molecule has 1 fully saturated rings. The van der Waals surface area contributed by atoms with Gasteiger partial charge >= 0.3 is 0 Å². The molecule has 1 aliphatic rings. The summed E-state index contributed by atoms with van der Waals surface area (Å²) < 4.78 is 2.09. The van der Waals surface area contributed by atoms with Gasteiger partial charge in [0.05, 0.1) is 5.52 Å². The standard InChI is InChI=1S/C14H19N3O/c1-16-9-11(10-17-7-5-15-6-8-17)14-12(16)3-2-4-13(14)18/h2-4,9,15,18H,5-8,10H2,1H3. The van der Waals surface area contributed by atoms with Crippen LogP contribution in [-0.2, 0) is 13.6 Å². The van der Waals surface area contributed by atoms with Crippen LogP contribution in [-0.4, -0.2) is 40.8 Å². The Labute approximate surface area is 107 Å². The molecule has 0 spiro atoms. The Morgan fingerprint density at radius 2 is 2.06 bits per heavy atom. The fraction of sp³-hybridized carbons (Fsp3) is 0.429. The zero-order valence-electron chi connectivity index (χ0n) is 10.7. The SMILES string of the molecule is Cn1cc(CN2CCNCC2)c2c(O)cccc21. The molecule has 4 heteroatoms. The zero-order valence-corrected chi connectivity index (χ0v) is 10.7. The minimum Gasteiger partial charge on any atom is -0.507 e. The fourth-order valence-corrected chi connectivity index (χ4v) is 2.75. The molecular formula is C14H19N3O. The van der Waals surface area contributed by atoms with Gasteiger partial charge in [0.15, 0.2) is 0 Å². The highest BCUT2D eigenvalue weighted by molar-refractivity contribution is 5.89. The lowest BCUT2D eigenvalue weighted by atomic mass is 10.1. The van der Waals surface area contributed by atoms with Gasteiger partial charge in [-0.05, 0) is 17.7 Å². The summed E-state index contributed by atoms with van der Waals surface area (Å²) >= 11 is 0. The van der Waals surface area contributed by atoms with E-state index in [0.29, 0.717) is 5.75 Å². The number of aromatic nitrogens is 1. The highest BCUT2D eigenvalue weighted by Gasteiger charge is 2.15. The average molecular weight is 245 g/mol. The third-order valence-electron chi connectivity index (χ3n) is 3.67. The Morgan fingerprint density at radius 3 is 2.83 bits per heavy atom. The first kappa shape index (κ1) is 11.6. The molecule has 1 aliphatic heterocycles. The van der Waals surface area contributed by atoms with Crippen LogP contribution in [0.25, 0.3) is 10.9 Å². The van der Waals surface area contributed by atoms with E-state index in [0.717, 1.165) is 43.6 Å². The van der Waals surface area contributed by atoms with Gasteiger partial charge in [-0.3, -0.25) is 4.90 Å². The van der Waals surface area contributed by atoms with Gasteiger partial charge in [-0.25, -0.2) is 0 Å². The number of piperazine rings is 1. The molecule has 1 aromatic heterocycles. The predicted molar refractivity (Wildman–Crippen MR) is 72.7 cm³/mol. The summed E-state index contributed by atoms with van der Waals surface area (Å²) in [5, 5.41) is 14.4. The lowest BCUT2D eigenvalue weighted by Crippen LogP contribution is -2.42. The number of rotatable bonds is 2. The van der Waals surface area contributed by atoms with Crippen LogP contribution in [0.15, 0.2) is 24.4 Å². The third kappa shape index (κ3) is 1.98. The number of fused-ring (bicyclic) bond motifs is 1. The fourth-order valence-electron chi connectivity index (χ4n) is 2.75. The van der Waals surface area contributed by atoms with Crippen LogP contribution in [0.4, 0.5) is 0 Å². The molecule has 0 atom stereocenters. The summed E-state index contributed by atoms with van der Waals surface area (Å²) in [6.07, 6.45) is 2.13. The zero-order chi connectivity index (χ0) is 12.5. The molecule has 0 amide bonds. The Bertz CT molecular complexity index is 555.